The van der Waals surface area contributed by atoms with Gasteiger partial charge in [0.05, 0.1) is 12.6 Å². The number of aryl methyl sites for hydroxylation is 2. The second-order valence-electron chi connectivity index (χ2n) is 6.10. The van der Waals surface area contributed by atoms with Gasteiger partial charge in [-0.2, -0.15) is 5.10 Å². The third-order valence-electron chi connectivity index (χ3n) is 4.21. The molecule has 25 heavy (non-hydrogen) atoms. The van der Waals surface area contributed by atoms with Gasteiger partial charge in [0.15, 0.2) is 0 Å². The molecule has 0 unspecified atom stereocenters. The average Bonchev–Trinajstić information content (AvgIpc) is 3.00. The number of amides is 1. The highest BCUT2D eigenvalue weighted by molar-refractivity contribution is 5.76. The van der Waals surface area contributed by atoms with E-state index in [1.54, 1.807) is 23.0 Å². The zero-order valence-corrected chi connectivity index (χ0v) is 14.2. The van der Waals surface area contributed by atoms with Gasteiger partial charge in [0.25, 0.3) is 0 Å². The van der Waals surface area contributed by atoms with Crippen molar-refractivity contribution in [3.05, 3.63) is 48.0 Å². The van der Waals surface area contributed by atoms with E-state index in [0.29, 0.717) is 38.3 Å². The fourth-order valence-electron chi connectivity index (χ4n) is 2.83. The first-order valence-corrected chi connectivity index (χ1v) is 8.39. The van der Waals surface area contributed by atoms with E-state index in [1.807, 2.05) is 13.0 Å². The minimum Gasteiger partial charge on any atom is -0.486 e. The van der Waals surface area contributed by atoms with Crippen molar-refractivity contribution in [3.8, 4) is 5.75 Å². The highest BCUT2D eigenvalue weighted by Gasteiger charge is 2.29. The second kappa shape index (κ2) is 8.11. The molecule has 2 atom stereocenters. The highest BCUT2D eigenvalue weighted by atomic mass is 19.1. The molecule has 1 fully saturated rings. The molecule has 2 aromatic rings. The Bertz CT molecular complexity index is 719. The number of halogens is 1. The third-order valence-corrected chi connectivity index (χ3v) is 4.21. The molecule has 1 aromatic heterocycles. The Labute approximate surface area is 145 Å². The van der Waals surface area contributed by atoms with Crippen molar-refractivity contribution in [1.82, 2.24) is 15.1 Å². The second-order valence-corrected chi connectivity index (χ2v) is 6.10. The summed E-state index contributed by atoms with van der Waals surface area (Å²) in [5, 5.41) is 7.18. The summed E-state index contributed by atoms with van der Waals surface area (Å²) in [6, 6.07) is 7.71. The number of carbonyl (C=O) groups is 1. The predicted molar refractivity (Wildman–Crippen MR) is 89.8 cm³/mol. The molecule has 1 aliphatic heterocycles. The summed E-state index contributed by atoms with van der Waals surface area (Å²) in [5.74, 6) is 0.0148. The monoisotopic (exact) mass is 347 g/mol. The summed E-state index contributed by atoms with van der Waals surface area (Å²) >= 11 is 0. The van der Waals surface area contributed by atoms with Crippen LogP contribution < -0.4 is 10.1 Å². The van der Waals surface area contributed by atoms with Gasteiger partial charge in [-0.25, -0.2) is 4.39 Å². The van der Waals surface area contributed by atoms with Crippen molar-refractivity contribution in [2.45, 2.75) is 38.5 Å². The zero-order valence-electron chi connectivity index (χ0n) is 14.2. The molecule has 0 radical (unpaired) electrons. The lowest BCUT2D eigenvalue weighted by Crippen LogP contribution is -2.51. The van der Waals surface area contributed by atoms with Crippen LogP contribution in [0.15, 0.2) is 36.5 Å². The number of aromatic nitrogens is 2. The maximum Gasteiger partial charge on any atom is 0.222 e. The maximum absolute atomic E-state index is 13.3. The molecular weight excluding hydrogens is 325 g/mol. The zero-order chi connectivity index (χ0) is 17.6. The summed E-state index contributed by atoms with van der Waals surface area (Å²) in [5.41, 5.74) is 1.02. The Hall–Kier alpha value is -2.41. The number of rotatable bonds is 6. The van der Waals surface area contributed by atoms with Gasteiger partial charge in [-0.1, -0.05) is 6.07 Å². The average molecular weight is 347 g/mol. The van der Waals surface area contributed by atoms with Crippen molar-refractivity contribution >= 4 is 5.91 Å². The smallest absolute Gasteiger partial charge is 0.222 e. The lowest BCUT2D eigenvalue weighted by atomic mass is 10.1. The van der Waals surface area contributed by atoms with Crippen LogP contribution in [0.5, 0.6) is 5.75 Å². The molecule has 0 bridgehead atoms. The minimum absolute atomic E-state index is 0.0605. The van der Waals surface area contributed by atoms with Crippen LogP contribution in [0.4, 0.5) is 4.39 Å². The van der Waals surface area contributed by atoms with Crippen LogP contribution in [0.1, 0.15) is 18.5 Å². The van der Waals surface area contributed by atoms with Gasteiger partial charge in [-0.15, -0.1) is 0 Å². The normalized spacial score (nSPS) is 20.2. The van der Waals surface area contributed by atoms with Gasteiger partial charge in [0.2, 0.25) is 5.91 Å². The van der Waals surface area contributed by atoms with Gasteiger partial charge in [-0.05, 0) is 31.5 Å². The quantitative estimate of drug-likeness (QED) is 0.869. The summed E-state index contributed by atoms with van der Waals surface area (Å²) in [6.45, 7) is 3.40. The first-order chi connectivity index (χ1) is 12.1. The van der Waals surface area contributed by atoms with E-state index in [-0.39, 0.29) is 23.9 Å². The summed E-state index contributed by atoms with van der Waals surface area (Å²) < 4.78 is 26.4. The molecule has 7 heteroatoms. The van der Waals surface area contributed by atoms with Crippen LogP contribution in [0.2, 0.25) is 0 Å². The van der Waals surface area contributed by atoms with E-state index >= 15 is 0 Å². The lowest BCUT2D eigenvalue weighted by Gasteiger charge is -2.32. The van der Waals surface area contributed by atoms with E-state index < -0.39 is 0 Å². The Kier molecular flexibility index (Phi) is 5.65. The van der Waals surface area contributed by atoms with Crippen molar-refractivity contribution in [3.63, 3.8) is 0 Å². The standard InChI is InChI=1S/C18H22FN3O3/c1-13-5-8-20-22(13)9-6-18(23)21-16-7-10-24-12-17(16)25-15-4-2-3-14(19)11-15/h2-5,8,11,16-17H,6-7,9-10,12H2,1H3,(H,21,23)/t16-,17-/m1/s1. The minimum atomic E-state index is -0.357. The van der Waals surface area contributed by atoms with Gasteiger partial charge < -0.3 is 14.8 Å². The topological polar surface area (TPSA) is 65.4 Å². The van der Waals surface area contributed by atoms with Crippen LogP contribution in [0.3, 0.4) is 0 Å². The van der Waals surface area contributed by atoms with Crippen molar-refractivity contribution in [1.29, 1.82) is 0 Å². The maximum atomic E-state index is 13.3. The molecule has 0 saturated carbocycles. The molecule has 1 amide bonds. The Morgan fingerprint density at radius 2 is 2.36 bits per heavy atom. The van der Waals surface area contributed by atoms with Gasteiger partial charge in [0.1, 0.15) is 17.7 Å². The molecule has 1 N–H and O–H groups in total. The SMILES string of the molecule is Cc1ccnn1CCC(=O)N[C@@H]1CCOC[C@H]1Oc1cccc(F)c1. The molecule has 134 valence electrons. The van der Waals surface area contributed by atoms with Crippen molar-refractivity contribution < 1.29 is 18.7 Å². The number of ether oxygens (including phenoxy) is 2. The number of hydrogen-bond acceptors (Lipinski definition) is 4. The van der Waals surface area contributed by atoms with E-state index in [9.17, 15) is 9.18 Å². The number of nitrogens with one attached hydrogen (secondary N) is 1. The fourth-order valence-corrected chi connectivity index (χ4v) is 2.83. The molecule has 1 saturated heterocycles. The third kappa shape index (κ3) is 4.79. The molecule has 0 aliphatic carbocycles. The molecule has 1 aromatic carbocycles. The lowest BCUT2D eigenvalue weighted by molar-refractivity contribution is -0.124. The van der Waals surface area contributed by atoms with E-state index in [0.717, 1.165) is 5.69 Å². The molecule has 6 nitrogen and oxygen atoms in total. The number of benzene rings is 1. The number of nitrogens with zero attached hydrogens (tertiary/aromatic N) is 2. The fraction of sp³-hybridized carbons (Fsp3) is 0.444. The number of hydrogen-bond donors (Lipinski definition) is 1. The van der Waals surface area contributed by atoms with Crippen LogP contribution in [-0.2, 0) is 16.1 Å². The van der Waals surface area contributed by atoms with Gasteiger partial charge in [0, 0.05) is 37.5 Å². The summed E-state index contributed by atoms with van der Waals surface area (Å²) in [7, 11) is 0. The summed E-state index contributed by atoms with van der Waals surface area (Å²) in [6.07, 6.45) is 2.37. The van der Waals surface area contributed by atoms with Crippen LogP contribution in [-0.4, -0.2) is 41.0 Å². The van der Waals surface area contributed by atoms with Crippen LogP contribution in [0, 0.1) is 12.7 Å². The molecule has 0 spiro atoms. The van der Waals surface area contributed by atoms with Gasteiger partial charge >= 0.3 is 0 Å². The van der Waals surface area contributed by atoms with Gasteiger partial charge in [-0.3, -0.25) is 9.48 Å². The molecule has 3 rings (SSSR count). The highest BCUT2D eigenvalue weighted by Crippen LogP contribution is 2.19. The van der Waals surface area contributed by atoms with Crippen molar-refractivity contribution in [2.24, 2.45) is 0 Å². The van der Waals surface area contributed by atoms with Crippen molar-refractivity contribution in [2.75, 3.05) is 13.2 Å². The van der Waals surface area contributed by atoms with Crippen LogP contribution in [0.25, 0.3) is 0 Å². The van der Waals surface area contributed by atoms with E-state index in [2.05, 4.69) is 10.4 Å². The van der Waals surface area contributed by atoms with E-state index in [1.165, 1.54) is 12.1 Å². The summed E-state index contributed by atoms with van der Waals surface area (Å²) in [4.78, 5) is 12.3. The Morgan fingerprint density at radius 3 is 3.12 bits per heavy atom. The Morgan fingerprint density at radius 1 is 1.48 bits per heavy atom. The number of carbonyl (C=O) groups excluding carboxylic acids is 1. The Balaban J connectivity index is 1.55. The first-order valence-electron chi connectivity index (χ1n) is 8.39. The van der Waals surface area contributed by atoms with Crippen LogP contribution >= 0.6 is 0 Å². The molecule has 2 heterocycles. The van der Waals surface area contributed by atoms with E-state index in [4.69, 9.17) is 9.47 Å². The predicted octanol–water partition coefficient (Wildman–Crippen LogP) is 2.07. The first kappa shape index (κ1) is 17.4. The molecular formula is C18H22FN3O3. The largest absolute Gasteiger partial charge is 0.486 e. The molecule has 1 aliphatic rings.